The molecular weight excluding hydrogens is 128 g/mol. The molecule has 0 fully saturated rings. The second kappa shape index (κ2) is 4.53. The maximum Gasteiger partial charge on any atom is 0.124 e. The number of thiol groups is 2. The van der Waals surface area contributed by atoms with Crippen LogP contribution in [-0.4, -0.2) is 17.8 Å². The van der Waals surface area contributed by atoms with E-state index in [1.54, 1.807) is 0 Å². The van der Waals surface area contributed by atoms with Crippen molar-refractivity contribution in [2.24, 2.45) is 5.92 Å². The lowest BCUT2D eigenvalue weighted by Crippen LogP contribution is -2.04. The Labute approximate surface area is 54.3 Å². The van der Waals surface area contributed by atoms with Gasteiger partial charge in [-0.3, -0.25) is 0 Å². The van der Waals surface area contributed by atoms with Crippen LogP contribution in [0.1, 0.15) is 0 Å². The van der Waals surface area contributed by atoms with Crippen LogP contribution >= 0.6 is 25.3 Å². The fourth-order valence-corrected chi connectivity index (χ4v) is 0.778. The molecule has 3 heteroatoms. The van der Waals surface area contributed by atoms with E-state index < -0.39 is 0 Å². The van der Waals surface area contributed by atoms with Gasteiger partial charge in [0, 0.05) is 17.4 Å². The Hall–Kier alpha value is 0.370. The molecule has 0 aromatic heterocycles. The SMILES string of the molecule is O=CC(CS)CS. The molecule has 0 saturated heterocycles. The average molecular weight is 136 g/mol. The standard InChI is InChI=1S/C4H8OS2/c5-1-4(2-6)3-7/h1,4,6-7H,2-3H2. The third kappa shape index (κ3) is 3.00. The monoisotopic (exact) mass is 136 g/mol. The van der Waals surface area contributed by atoms with Crippen LogP contribution < -0.4 is 0 Å². The molecule has 42 valence electrons. The third-order valence-corrected chi connectivity index (χ3v) is 1.60. The number of hydrogen-bond acceptors (Lipinski definition) is 3. The van der Waals surface area contributed by atoms with Crippen LogP contribution in [0.15, 0.2) is 0 Å². The summed E-state index contributed by atoms with van der Waals surface area (Å²) < 4.78 is 0. The van der Waals surface area contributed by atoms with E-state index in [0.717, 1.165) is 6.29 Å². The van der Waals surface area contributed by atoms with Gasteiger partial charge >= 0.3 is 0 Å². The largest absolute Gasteiger partial charge is 0.303 e. The van der Waals surface area contributed by atoms with Gasteiger partial charge in [-0.15, -0.1) is 0 Å². The number of carbonyl (C=O) groups excluding carboxylic acids is 1. The predicted molar refractivity (Wildman–Crippen MR) is 37.3 cm³/mol. The van der Waals surface area contributed by atoms with Gasteiger partial charge in [-0.05, 0) is 0 Å². The molecule has 0 amide bonds. The Kier molecular flexibility index (Phi) is 4.77. The van der Waals surface area contributed by atoms with E-state index in [4.69, 9.17) is 0 Å². The quantitative estimate of drug-likeness (QED) is 0.430. The highest BCUT2D eigenvalue weighted by Crippen LogP contribution is 1.95. The van der Waals surface area contributed by atoms with Gasteiger partial charge in [0.25, 0.3) is 0 Å². The molecule has 0 rings (SSSR count). The first-order valence-corrected chi connectivity index (χ1v) is 3.28. The van der Waals surface area contributed by atoms with Gasteiger partial charge < -0.3 is 4.79 Å². The Morgan fingerprint density at radius 3 is 1.86 bits per heavy atom. The van der Waals surface area contributed by atoms with E-state index in [9.17, 15) is 4.79 Å². The molecule has 0 aliphatic rings. The van der Waals surface area contributed by atoms with Gasteiger partial charge in [-0.25, -0.2) is 0 Å². The van der Waals surface area contributed by atoms with Crippen molar-refractivity contribution in [3.8, 4) is 0 Å². The van der Waals surface area contributed by atoms with E-state index in [2.05, 4.69) is 25.3 Å². The second-order valence-corrected chi connectivity index (χ2v) is 1.99. The van der Waals surface area contributed by atoms with Crippen LogP contribution in [0.2, 0.25) is 0 Å². The predicted octanol–water partition coefficient (Wildman–Crippen LogP) is 0.661. The van der Waals surface area contributed by atoms with Crippen molar-refractivity contribution in [1.29, 1.82) is 0 Å². The normalized spacial score (nSPS) is 9.57. The first-order valence-electron chi connectivity index (χ1n) is 2.02. The highest BCUT2D eigenvalue weighted by atomic mass is 32.1. The smallest absolute Gasteiger partial charge is 0.124 e. The van der Waals surface area contributed by atoms with Crippen LogP contribution in [0, 0.1) is 5.92 Å². The summed E-state index contributed by atoms with van der Waals surface area (Å²) in [7, 11) is 0. The van der Waals surface area contributed by atoms with Gasteiger partial charge in [0.2, 0.25) is 0 Å². The maximum absolute atomic E-state index is 9.87. The summed E-state index contributed by atoms with van der Waals surface area (Å²) in [5.41, 5.74) is 0. The molecule has 0 heterocycles. The molecule has 0 radical (unpaired) electrons. The third-order valence-electron chi connectivity index (χ3n) is 0.661. The lowest BCUT2D eigenvalue weighted by molar-refractivity contribution is -0.109. The first-order chi connectivity index (χ1) is 3.35. The number of aldehydes is 1. The number of carbonyl (C=O) groups is 1. The molecule has 0 saturated carbocycles. The summed E-state index contributed by atoms with van der Waals surface area (Å²) in [6, 6.07) is 0. The minimum Gasteiger partial charge on any atom is -0.303 e. The summed E-state index contributed by atoms with van der Waals surface area (Å²) >= 11 is 7.79. The van der Waals surface area contributed by atoms with E-state index >= 15 is 0 Å². The van der Waals surface area contributed by atoms with E-state index in [-0.39, 0.29) is 5.92 Å². The summed E-state index contributed by atoms with van der Waals surface area (Å²) in [4.78, 5) is 9.87. The minimum atomic E-state index is 0.0340. The Balaban J connectivity index is 3.16. The molecular formula is C4H8OS2. The van der Waals surface area contributed by atoms with E-state index in [0.29, 0.717) is 11.5 Å². The van der Waals surface area contributed by atoms with Crippen molar-refractivity contribution in [3.05, 3.63) is 0 Å². The summed E-state index contributed by atoms with van der Waals surface area (Å²) in [5, 5.41) is 0. The zero-order valence-electron chi connectivity index (χ0n) is 3.87. The van der Waals surface area contributed by atoms with Crippen molar-refractivity contribution in [2.45, 2.75) is 0 Å². The molecule has 0 bridgehead atoms. The molecule has 0 aliphatic heterocycles. The molecule has 0 atom stereocenters. The molecule has 0 aliphatic carbocycles. The second-order valence-electron chi connectivity index (χ2n) is 1.26. The summed E-state index contributed by atoms with van der Waals surface area (Å²) in [6.07, 6.45) is 0.875. The Morgan fingerprint density at radius 1 is 1.43 bits per heavy atom. The Morgan fingerprint density at radius 2 is 1.86 bits per heavy atom. The van der Waals surface area contributed by atoms with Gasteiger partial charge in [-0.1, -0.05) is 0 Å². The lowest BCUT2D eigenvalue weighted by atomic mass is 10.2. The van der Waals surface area contributed by atoms with Crippen LogP contribution in [0.5, 0.6) is 0 Å². The highest BCUT2D eigenvalue weighted by molar-refractivity contribution is 7.81. The topological polar surface area (TPSA) is 17.1 Å². The zero-order valence-corrected chi connectivity index (χ0v) is 5.66. The van der Waals surface area contributed by atoms with Crippen molar-refractivity contribution < 1.29 is 4.79 Å². The van der Waals surface area contributed by atoms with Crippen molar-refractivity contribution >= 4 is 31.5 Å². The van der Waals surface area contributed by atoms with Gasteiger partial charge in [0.1, 0.15) is 6.29 Å². The van der Waals surface area contributed by atoms with Crippen LogP contribution in [0.25, 0.3) is 0 Å². The molecule has 0 aromatic rings. The van der Waals surface area contributed by atoms with Crippen molar-refractivity contribution in [2.75, 3.05) is 11.5 Å². The zero-order chi connectivity index (χ0) is 5.70. The molecule has 0 N–H and O–H groups in total. The van der Waals surface area contributed by atoms with Gasteiger partial charge in [-0.2, -0.15) is 25.3 Å². The van der Waals surface area contributed by atoms with Crippen molar-refractivity contribution in [3.63, 3.8) is 0 Å². The summed E-state index contributed by atoms with van der Waals surface area (Å²) in [6.45, 7) is 0. The molecule has 1 nitrogen and oxygen atoms in total. The van der Waals surface area contributed by atoms with Crippen LogP contribution in [-0.2, 0) is 4.79 Å². The fourth-order valence-electron chi connectivity index (χ4n) is 0.144. The van der Waals surface area contributed by atoms with E-state index in [1.807, 2.05) is 0 Å². The lowest BCUT2D eigenvalue weighted by Gasteiger charge is -1.96. The highest BCUT2D eigenvalue weighted by Gasteiger charge is 1.98. The molecule has 0 spiro atoms. The fraction of sp³-hybridized carbons (Fsp3) is 0.750. The summed E-state index contributed by atoms with van der Waals surface area (Å²) in [5.74, 6) is 1.24. The molecule has 7 heavy (non-hydrogen) atoms. The maximum atomic E-state index is 9.87. The molecule has 0 aromatic carbocycles. The minimum absolute atomic E-state index is 0.0340. The Bertz CT molecular complexity index is 51.7. The van der Waals surface area contributed by atoms with Gasteiger partial charge in [0.05, 0.1) is 0 Å². The van der Waals surface area contributed by atoms with E-state index in [1.165, 1.54) is 0 Å². The first kappa shape index (κ1) is 7.37. The molecule has 0 unspecified atom stereocenters. The number of rotatable bonds is 3. The van der Waals surface area contributed by atoms with Crippen LogP contribution in [0.3, 0.4) is 0 Å². The average Bonchev–Trinajstić information content (AvgIpc) is 1.72. The van der Waals surface area contributed by atoms with Crippen molar-refractivity contribution in [1.82, 2.24) is 0 Å². The van der Waals surface area contributed by atoms with Gasteiger partial charge in [0.15, 0.2) is 0 Å². The number of hydrogen-bond donors (Lipinski definition) is 2. The van der Waals surface area contributed by atoms with Crippen LogP contribution in [0.4, 0.5) is 0 Å².